The summed E-state index contributed by atoms with van der Waals surface area (Å²) in [4.78, 5) is 12.5. The molecular weight excluding hydrogens is 334 g/mol. The monoisotopic (exact) mass is 353 g/mol. The van der Waals surface area contributed by atoms with Crippen LogP contribution in [-0.2, 0) is 0 Å². The van der Waals surface area contributed by atoms with Gasteiger partial charge in [0.15, 0.2) is 5.84 Å². The summed E-state index contributed by atoms with van der Waals surface area (Å²) in [5, 5.41) is 15.1. The first-order valence-electron chi connectivity index (χ1n) is 7.04. The van der Waals surface area contributed by atoms with E-state index in [1.54, 1.807) is 6.07 Å². The van der Waals surface area contributed by atoms with Crippen molar-refractivity contribution in [2.75, 3.05) is 0 Å². The summed E-state index contributed by atoms with van der Waals surface area (Å²) in [6, 6.07) is 5.53. The Morgan fingerprint density at radius 2 is 2.00 bits per heavy atom. The van der Waals surface area contributed by atoms with Crippen LogP contribution in [0.1, 0.15) is 48.0 Å². The fraction of sp³-hybridized carbons (Fsp3) is 0.467. The number of oxime groups is 1. The largest absolute Gasteiger partial charge is 0.409 e. The Bertz CT molecular complexity index is 546. The molecule has 0 unspecified atom stereocenters. The maximum Gasteiger partial charge on any atom is 0.252 e. The van der Waals surface area contributed by atoms with E-state index in [9.17, 15) is 4.79 Å². The Morgan fingerprint density at radius 1 is 1.33 bits per heavy atom. The molecule has 0 saturated heterocycles. The van der Waals surface area contributed by atoms with Crippen molar-refractivity contribution in [3.05, 3.63) is 33.8 Å². The summed E-state index contributed by atoms with van der Waals surface area (Å²) < 4.78 is 0.856. The van der Waals surface area contributed by atoms with Crippen LogP contribution in [0, 0.1) is 6.92 Å². The summed E-state index contributed by atoms with van der Waals surface area (Å²) in [6.45, 7) is 1.93. The number of amides is 1. The standard InChI is InChI=1S/C15H20BrN3O2/c1-10-7-11(9-12(16)8-10)13(20)18-15(14(17)19-21)5-3-2-4-6-15/h7-9,21H,2-6H2,1H3,(H2,17,19)(H,18,20). The average Bonchev–Trinajstić information content (AvgIpc) is 2.46. The number of hydrogen-bond donors (Lipinski definition) is 3. The molecule has 1 aromatic rings. The molecule has 1 aliphatic carbocycles. The zero-order chi connectivity index (χ0) is 15.5. The van der Waals surface area contributed by atoms with Gasteiger partial charge in [0.2, 0.25) is 0 Å². The zero-order valence-corrected chi connectivity index (χ0v) is 13.6. The van der Waals surface area contributed by atoms with Crippen molar-refractivity contribution in [3.63, 3.8) is 0 Å². The highest BCUT2D eigenvalue weighted by atomic mass is 79.9. The third-order valence-electron chi connectivity index (χ3n) is 3.96. The topological polar surface area (TPSA) is 87.7 Å². The van der Waals surface area contributed by atoms with E-state index in [0.29, 0.717) is 18.4 Å². The first-order valence-corrected chi connectivity index (χ1v) is 7.84. The quantitative estimate of drug-likeness (QED) is 0.338. The molecule has 0 radical (unpaired) electrons. The highest BCUT2D eigenvalue weighted by Gasteiger charge is 2.38. The van der Waals surface area contributed by atoms with Gasteiger partial charge in [0.25, 0.3) is 5.91 Å². The van der Waals surface area contributed by atoms with Crippen molar-refractivity contribution in [2.24, 2.45) is 10.9 Å². The second-order valence-corrected chi connectivity index (χ2v) is 6.52. The molecule has 0 atom stereocenters. The molecule has 0 heterocycles. The van der Waals surface area contributed by atoms with E-state index in [1.165, 1.54) is 0 Å². The third-order valence-corrected chi connectivity index (χ3v) is 4.42. The molecule has 114 valence electrons. The number of amidine groups is 1. The van der Waals surface area contributed by atoms with Crippen LogP contribution in [0.5, 0.6) is 0 Å². The van der Waals surface area contributed by atoms with E-state index in [-0.39, 0.29) is 11.7 Å². The summed E-state index contributed by atoms with van der Waals surface area (Å²) in [7, 11) is 0. The summed E-state index contributed by atoms with van der Waals surface area (Å²) in [5.41, 5.74) is 6.67. The molecular formula is C15H20BrN3O2. The molecule has 0 aromatic heterocycles. The first kappa shape index (κ1) is 15.8. The molecule has 2 rings (SSSR count). The Hall–Kier alpha value is -1.56. The number of aryl methyl sites for hydroxylation is 1. The van der Waals surface area contributed by atoms with Crippen molar-refractivity contribution >= 4 is 27.7 Å². The van der Waals surface area contributed by atoms with Crippen LogP contribution in [0.4, 0.5) is 0 Å². The lowest BCUT2D eigenvalue weighted by Gasteiger charge is -2.36. The molecule has 1 fully saturated rings. The van der Waals surface area contributed by atoms with Crippen LogP contribution in [0.2, 0.25) is 0 Å². The number of nitrogens with zero attached hydrogens (tertiary/aromatic N) is 1. The highest BCUT2D eigenvalue weighted by molar-refractivity contribution is 9.10. The van der Waals surface area contributed by atoms with Crippen molar-refractivity contribution in [3.8, 4) is 0 Å². The maximum atomic E-state index is 12.5. The van der Waals surface area contributed by atoms with Crippen LogP contribution in [0.3, 0.4) is 0 Å². The number of halogens is 1. The Kier molecular flexibility index (Phi) is 4.88. The number of benzene rings is 1. The highest BCUT2D eigenvalue weighted by Crippen LogP contribution is 2.29. The van der Waals surface area contributed by atoms with Gasteiger partial charge in [-0.2, -0.15) is 0 Å². The molecule has 21 heavy (non-hydrogen) atoms. The molecule has 0 spiro atoms. The van der Waals surface area contributed by atoms with Gasteiger partial charge in [0, 0.05) is 10.0 Å². The van der Waals surface area contributed by atoms with Gasteiger partial charge in [-0.25, -0.2) is 0 Å². The van der Waals surface area contributed by atoms with Crippen molar-refractivity contribution < 1.29 is 10.0 Å². The van der Waals surface area contributed by atoms with Crippen LogP contribution in [-0.4, -0.2) is 22.5 Å². The molecule has 1 amide bonds. The van der Waals surface area contributed by atoms with Crippen LogP contribution in [0.25, 0.3) is 0 Å². The lowest BCUT2D eigenvalue weighted by Crippen LogP contribution is -2.58. The normalized spacial score (nSPS) is 18.3. The molecule has 4 N–H and O–H groups in total. The lowest BCUT2D eigenvalue weighted by molar-refractivity contribution is 0.0905. The minimum absolute atomic E-state index is 0.0854. The van der Waals surface area contributed by atoms with Gasteiger partial charge in [-0.3, -0.25) is 4.79 Å². The Balaban J connectivity index is 2.26. The zero-order valence-electron chi connectivity index (χ0n) is 12.0. The molecule has 6 heteroatoms. The lowest BCUT2D eigenvalue weighted by atomic mass is 9.80. The van der Waals surface area contributed by atoms with Crippen molar-refractivity contribution in [1.29, 1.82) is 0 Å². The SMILES string of the molecule is Cc1cc(Br)cc(C(=O)NC2(/C(N)=N/O)CCCCC2)c1. The van der Waals surface area contributed by atoms with E-state index in [1.807, 2.05) is 19.1 Å². The van der Waals surface area contributed by atoms with Crippen LogP contribution in [0.15, 0.2) is 27.8 Å². The molecule has 0 bridgehead atoms. The number of carbonyl (C=O) groups excluding carboxylic acids is 1. The summed E-state index contributed by atoms with van der Waals surface area (Å²) in [5.74, 6) is -0.116. The molecule has 5 nitrogen and oxygen atoms in total. The number of rotatable bonds is 3. The van der Waals surface area contributed by atoms with Gasteiger partial charge in [-0.15, -0.1) is 0 Å². The van der Waals surface area contributed by atoms with E-state index in [0.717, 1.165) is 29.3 Å². The smallest absolute Gasteiger partial charge is 0.252 e. The predicted molar refractivity (Wildman–Crippen MR) is 85.6 cm³/mol. The third kappa shape index (κ3) is 3.56. The van der Waals surface area contributed by atoms with Gasteiger partial charge in [-0.05, 0) is 43.5 Å². The second-order valence-electron chi connectivity index (χ2n) is 5.60. The fourth-order valence-corrected chi connectivity index (χ4v) is 3.46. The van der Waals surface area contributed by atoms with E-state index >= 15 is 0 Å². The van der Waals surface area contributed by atoms with Crippen molar-refractivity contribution in [1.82, 2.24) is 5.32 Å². The van der Waals surface area contributed by atoms with Crippen LogP contribution < -0.4 is 11.1 Å². The Labute approximate surface area is 132 Å². The van der Waals surface area contributed by atoms with E-state index in [2.05, 4.69) is 26.4 Å². The van der Waals surface area contributed by atoms with Crippen molar-refractivity contribution in [2.45, 2.75) is 44.6 Å². The average molecular weight is 354 g/mol. The van der Waals surface area contributed by atoms with Gasteiger partial charge in [-0.1, -0.05) is 40.3 Å². The second kappa shape index (κ2) is 6.47. The minimum Gasteiger partial charge on any atom is -0.409 e. The van der Waals surface area contributed by atoms with Gasteiger partial charge in [0.05, 0.1) is 0 Å². The molecule has 1 aliphatic rings. The molecule has 1 saturated carbocycles. The number of carbonyl (C=O) groups is 1. The van der Waals surface area contributed by atoms with E-state index in [4.69, 9.17) is 10.9 Å². The molecule has 1 aromatic carbocycles. The van der Waals surface area contributed by atoms with Gasteiger partial charge < -0.3 is 16.3 Å². The number of nitrogens with two attached hydrogens (primary N) is 1. The van der Waals surface area contributed by atoms with Crippen LogP contribution >= 0.6 is 15.9 Å². The van der Waals surface area contributed by atoms with Gasteiger partial charge in [0.1, 0.15) is 5.54 Å². The Morgan fingerprint density at radius 3 is 2.57 bits per heavy atom. The van der Waals surface area contributed by atoms with E-state index < -0.39 is 5.54 Å². The molecule has 0 aliphatic heterocycles. The first-order chi connectivity index (χ1) is 9.97. The number of nitrogens with one attached hydrogen (secondary N) is 1. The minimum atomic E-state index is -0.736. The number of hydrogen-bond acceptors (Lipinski definition) is 3. The summed E-state index contributed by atoms with van der Waals surface area (Å²) in [6.07, 6.45) is 4.40. The fourth-order valence-electron chi connectivity index (χ4n) is 2.85. The predicted octanol–water partition coefficient (Wildman–Crippen LogP) is 2.94. The maximum absolute atomic E-state index is 12.5. The summed E-state index contributed by atoms with van der Waals surface area (Å²) >= 11 is 3.39. The van der Waals surface area contributed by atoms with Gasteiger partial charge >= 0.3 is 0 Å².